The first-order valence-corrected chi connectivity index (χ1v) is 9.30. The van der Waals surface area contributed by atoms with E-state index in [1.54, 1.807) is 23.5 Å². The molecule has 0 aliphatic rings. The minimum atomic E-state index is -0.369. The second-order valence-electron chi connectivity index (χ2n) is 5.75. The van der Waals surface area contributed by atoms with E-state index in [9.17, 15) is 4.79 Å². The summed E-state index contributed by atoms with van der Waals surface area (Å²) in [4.78, 5) is 13.7. The topological polar surface area (TPSA) is 41.1 Å². The standard InChI is InChI=1S/C20H19ClN2OS/c1-14(20(24)23-17-10-5-9-16(21)13-17)22-19(18-11-6-12-25-18)15-7-3-2-4-8-15/h2-14,19,22H,1H3,(H,23,24)/t14-,19+/m0/s1. The Balaban J connectivity index is 1.74. The van der Waals surface area contributed by atoms with Crippen LogP contribution in [0.4, 0.5) is 5.69 Å². The fourth-order valence-electron chi connectivity index (χ4n) is 2.59. The molecular weight excluding hydrogens is 352 g/mol. The van der Waals surface area contributed by atoms with Gasteiger partial charge in [0.1, 0.15) is 0 Å². The first kappa shape index (κ1) is 17.7. The largest absolute Gasteiger partial charge is 0.325 e. The Morgan fingerprint density at radius 2 is 1.84 bits per heavy atom. The molecule has 3 aromatic rings. The lowest BCUT2D eigenvalue weighted by Gasteiger charge is -2.22. The quantitative estimate of drug-likeness (QED) is 0.633. The highest BCUT2D eigenvalue weighted by Gasteiger charge is 2.21. The van der Waals surface area contributed by atoms with Crippen LogP contribution in [0.15, 0.2) is 72.1 Å². The van der Waals surface area contributed by atoms with Gasteiger partial charge in [0.25, 0.3) is 0 Å². The van der Waals surface area contributed by atoms with Crippen molar-refractivity contribution in [1.82, 2.24) is 5.32 Å². The van der Waals surface area contributed by atoms with Gasteiger partial charge in [-0.15, -0.1) is 11.3 Å². The SMILES string of the molecule is C[C@H](N[C@H](c1ccccc1)c1cccs1)C(=O)Nc1cccc(Cl)c1. The molecule has 1 amide bonds. The van der Waals surface area contributed by atoms with Gasteiger partial charge in [-0.25, -0.2) is 0 Å². The molecule has 0 saturated heterocycles. The van der Waals surface area contributed by atoms with Gasteiger partial charge in [0.15, 0.2) is 0 Å². The van der Waals surface area contributed by atoms with Crippen molar-refractivity contribution in [2.75, 3.05) is 5.32 Å². The van der Waals surface area contributed by atoms with Crippen molar-refractivity contribution >= 4 is 34.5 Å². The normalized spacial score (nSPS) is 13.2. The highest BCUT2D eigenvalue weighted by atomic mass is 35.5. The lowest BCUT2D eigenvalue weighted by molar-refractivity contribution is -0.117. The molecule has 2 aromatic carbocycles. The molecule has 2 atom stereocenters. The number of nitrogens with one attached hydrogen (secondary N) is 2. The smallest absolute Gasteiger partial charge is 0.241 e. The number of hydrogen-bond donors (Lipinski definition) is 2. The third kappa shape index (κ3) is 4.69. The van der Waals surface area contributed by atoms with Gasteiger partial charge in [0.05, 0.1) is 12.1 Å². The van der Waals surface area contributed by atoms with Crippen LogP contribution < -0.4 is 10.6 Å². The molecule has 25 heavy (non-hydrogen) atoms. The maximum absolute atomic E-state index is 12.5. The van der Waals surface area contributed by atoms with Gasteiger partial charge >= 0.3 is 0 Å². The minimum Gasteiger partial charge on any atom is -0.325 e. The second-order valence-corrected chi connectivity index (χ2v) is 7.16. The first-order valence-electron chi connectivity index (χ1n) is 8.04. The molecule has 2 N–H and O–H groups in total. The van der Waals surface area contributed by atoms with Crippen LogP contribution in [0.2, 0.25) is 5.02 Å². The summed E-state index contributed by atoms with van der Waals surface area (Å²) < 4.78 is 0. The second kappa shape index (κ2) is 8.30. The predicted molar refractivity (Wildman–Crippen MR) is 105 cm³/mol. The molecule has 0 aliphatic carbocycles. The van der Waals surface area contributed by atoms with Gasteiger partial charge in [-0.2, -0.15) is 0 Å². The molecule has 3 rings (SSSR count). The molecule has 1 heterocycles. The van der Waals surface area contributed by atoms with Crippen molar-refractivity contribution in [1.29, 1.82) is 0 Å². The summed E-state index contributed by atoms with van der Waals surface area (Å²) in [5.41, 5.74) is 1.82. The molecule has 0 unspecified atom stereocenters. The Bertz CT molecular complexity index is 821. The number of benzene rings is 2. The summed E-state index contributed by atoms with van der Waals surface area (Å²) >= 11 is 7.65. The monoisotopic (exact) mass is 370 g/mol. The van der Waals surface area contributed by atoms with Crippen LogP contribution in [0, 0.1) is 0 Å². The highest BCUT2D eigenvalue weighted by Crippen LogP contribution is 2.26. The van der Waals surface area contributed by atoms with Gasteiger partial charge in [0.2, 0.25) is 5.91 Å². The zero-order valence-corrected chi connectivity index (χ0v) is 15.3. The molecule has 1 aromatic heterocycles. The van der Waals surface area contributed by atoms with Gasteiger partial charge in [-0.1, -0.05) is 54.1 Å². The molecular formula is C20H19ClN2OS. The summed E-state index contributed by atoms with van der Waals surface area (Å²) in [6.07, 6.45) is 0. The van der Waals surface area contributed by atoms with Crippen LogP contribution in [0.1, 0.15) is 23.4 Å². The summed E-state index contributed by atoms with van der Waals surface area (Å²) in [6, 6.07) is 21.0. The van der Waals surface area contributed by atoms with Crippen molar-refractivity contribution in [3.8, 4) is 0 Å². The fourth-order valence-corrected chi connectivity index (χ4v) is 3.59. The number of hydrogen-bond acceptors (Lipinski definition) is 3. The van der Waals surface area contributed by atoms with Gasteiger partial charge in [0, 0.05) is 15.6 Å². The average molecular weight is 371 g/mol. The van der Waals surface area contributed by atoms with Crippen molar-refractivity contribution in [2.45, 2.75) is 19.0 Å². The lowest BCUT2D eigenvalue weighted by Crippen LogP contribution is -2.40. The van der Waals surface area contributed by atoms with Crippen molar-refractivity contribution in [3.63, 3.8) is 0 Å². The van der Waals surface area contributed by atoms with Crippen LogP contribution in [0.25, 0.3) is 0 Å². The molecule has 128 valence electrons. The summed E-state index contributed by atoms with van der Waals surface area (Å²) in [5, 5.41) is 8.98. The van der Waals surface area contributed by atoms with Gasteiger partial charge < -0.3 is 5.32 Å². The minimum absolute atomic E-state index is 0.0266. The van der Waals surface area contributed by atoms with E-state index in [1.165, 1.54) is 4.88 Å². The van der Waals surface area contributed by atoms with Crippen molar-refractivity contribution < 1.29 is 4.79 Å². The molecule has 0 radical (unpaired) electrons. The number of amides is 1. The molecule has 0 aliphatic heterocycles. The fraction of sp³-hybridized carbons (Fsp3) is 0.150. The van der Waals surface area contributed by atoms with Crippen molar-refractivity contribution in [3.05, 3.63) is 87.6 Å². The zero-order chi connectivity index (χ0) is 17.6. The number of rotatable bonds is 6. The van der Waals surface area contributed by atoms with E-state index in [0.717, 1.165) is 5.56 Å². The maximum atomic E-state index is 12.5. The summed E-state index contributed by atoms with van der Waals surface area (Å²) in [5.74, 6) is -0.0975. The van der Waals surface area contributed by atoms with E-state index in [4.69, 9.17) is 11.6 Å². The van der Waals surface area contributed by atoms with Gasteiger partial charge in [-0.05, 0) is 42.1 Å². The van der Waals surface area contributed by atoms with E-state index in [1.807, 2.05) is 48.7 Å². The Morgan fingerprint density at radius 1 is 1.04 bits per heavy atom. The third-order valence-electron chi connectivity index (χ3n) is 3.86. The average Bonchev–Trinajstić information content (AvgIpc) is 3.14. The Labute approximate surface area is 156 Å². The van der Waals surface area contributed by atoms with Crippen LogP contribution in [-0.2, 0) is 4.79 Å². The van der Waals surface area contributed by atoms with Crippen LogP contribution in [0.5, 0.6) is 0 Å². The van der Waals surface area contributed by atoms with E-state index >= 15 is 0 Å². The number of anilines is 1. The highest BCUT2D eigenvalue weighted by molar-refractivity contribution is 7.10. The number of thiophene rings is 1. The van der Waals surface area contributed by atoms with E-state index in [-0.39, 0.29) is 18.0 Å². The van der Waals surface area contributed by atoms with Crippen LogP contribution in [-0.4, -0.2) is 11.9 Å². The molecule has 3 nitrogen and oxygen atoms in total. The molecule has 0 bridgehead atoms. The molecule has 0 spiro atoms. The first-order chi connectivity index (χ1) is 12.1. The van der Waals surface area contributed by atoms with E-state index in [2.05, 4.69) is 28.8 Å². The van der Waals surface area contributed by atoms with E-state index < -0.39 is 0 Å². The van der Waals surface area contributed by atoms with E-state index in [0.29, 0.717) is 10.7 Å². The maximum Gasteiger partial charge on any atom is 0.241 e. The third-order valence-corrected chi connectivity index (χ3v) is 5.03. The number of carbonyl (C=O) groups excluding carboxylic acids is 1. The van der Waals surface area contributed by atoms with Crippen molar-refractivity contribution in [2.24, 2.45) is 0 Å². The molecule has 0 saturated carbocycles. The Kier molecular flexibility index (Phi) is 5.87. The number of halogens is 1. The van der Waals surface area contributed by atoms with Crippen LogP contribution in [0.3, 0.4) is 0 Å². The lowest BCUT2D eigenvalue weighted by atomic mass is 10.0. The zero-order valence-electron chi connectivity index (χ0n) is 13.8. The van der Waals surface area contributed by atoms with Gasteiger partial charge in [-0.3, -0.25) is 10.1 Å². The predicted octanol–water partition coefficient (Wildman–Crippen LogP) is 5.11. The summed E-state index contributed by atoms with van der Waals surface area (Å²) in [7, 11) is 0. The van der Waals surface area contributed by atoms with Crippen LogP contribution >= 0.6 is 22.9 Å². The number of carbonyl (C=O) groups is 1. The summed E-state index contributed by atoms with van der Waals surface area (Å²) in [6.45, 7) is 1.86. The molecule has 0 fully saturated rings. The Hall–Kier alpha value is -2.14. The Morgan fingerprint density at radius 3 is 2.52 bits per heavy atom. The molecule has 5 heteroatoms.